The van der Waals surface area contributed by atoms with Crippen LogP contribution in [0.2, 0.25) is 0 Å². The molecule has 2 aliphatic heterocycles. The van der Waals surface area contributed by atoms with Crippen LogP contribution in [0, 0.1) is 5.82 Å². The minimum atomic E-state index is -3.92. The van der Waals surface area contributed by atoms with E-state index in [9.17, 15) is 21.2 Å². The van der Waals surface area contributed by atoms with E-state index in [1.165, 1.54) is 33.0 Å². The third-order valence-corrected chi connectivity index (χ3v) is 9.81. The number of nitrogens with two attached hydrogens (primary N) is 1. The van der Waals surface area contributed by atoms with Gasteiger partial charge in [-0.2, -0.15) is 17.0 Å². The molecule has 2 fully saturated rings. The Hall–Kier alpha value is -1.96. The maximum atomic E-state index is 13.5. The van der Waals surface area contributed by atoms with Gasteiger partial charge in [-0.15, -0.1) is 0 Å². The van der Waals surface area contributed by atoms with E-state index in [1.807, 2.05) is 0 Å². The Bertz CT molecular complexity index is 1190. The topological polar surface area (TPSA) is 123 Å². The van der Waals surface area contributed by atoms with Gasteiger partial charge >= 0.3 is 0 Å². The molecule has 2 aliphatic rings. The SMILES string of the molecule is NCc1ccnc(S(=O)(=O)C[C@H]2C[C@@H](c3ccc(F)cc3)CN2S(=O)(=O)N2CCOCC2)c1. The van der Waals surface area contributed by atoms with E-state index in [0.717, 1.165) is 5.56 Å². The molecule has 0 bridgehead atoms. The van der Waals surface area contributed by atoms with Gasteiger partial charge in [0.05, 0.1) is 19.0 Å². The molecule has 1 aromatic carbocycles. The zero-order chi connectivity index (χ0) is 23.6. The van der Waals surface area contributed by atoms with Crippen LogP contribution in [-0.4, -0.2) is 75.1 Å². The molecule has 0 aliphatic carbocycles. The maximum absolute atomic E-state index is 13.5. The maximum Gasteiger partial charge on any atom is 0.282 e. The smallest absolute Gasteiger partial charge is 0.282 e. The summed E-state index contributed by atoms with van der Waals surface area (Å²) < 4.78 is 74.6. The first-order valence-electron chi connectivity index (χ1n) is 10.7. The normalized spacial score (nSPS) is 23.1. The van der Waals surface area contributed by atoms with Crippen LogP contribution in [0.4, 0.5) is 4.39 Å². The lowest BCUT2D eigenvalue weighted by Crippen LogP contribution is -2.51. The number of halogens is 1. The molecule has 1 aromatic heterocycles. The number of hydrogen-bond donors (Lipinski definition) is 1. The molecule has 33 heavy (non-hydrogen) atoms. The van der Waals surface area contributed by atoms with Gasteiger partial charge in [-0.3, -0.25) is 0 Å². The zero-order valence-electron chi connectivity index (χ0n) is 18.0. The molecule has 2 aromatic rings. The van der Waals surface area contributed by atoms with Crippen LogP contribution in [-0.2, 0) is 31.3 Å². The van der Waals surface area contributed by atoms with Crippen molar-refractivity contribution in [3.63, 3.8) is 0 Å². The highest BCUT2D eigenvalue weighted by Crippen LogP contribution is 2.36. The summed E-state index contributed by atoms with van der Waals surface area (Å²) in [6, 6.07) is 8.13. The predicted molar refractivity (Wildman–Crippen MR) is 120 cm³/mol. The van der Waals surface area contributed by atoms with Crippen molar-refractivity contribution < 1.29 is 26.0 Å². The van der Waals surface area contributed by atoms with Gasteiger partial charge in [0, 0.05) is 38.4 Å². The summed E-state index contributed by atoms with van der Waals surface area (Å²) in [5, 5.41) is -0.126. The van der Waals surface area contributed by atoms with Crippen LogP contribution in [0.5, 0.6) is 0 Å². The van der Waals surface area contributed by atoms with Gasteiger partial charge in [0.2, 0.25) is 0 Å². The number of hydrogen-bond acceptors (Lipinski definition) is 7. The van der Waals surface area contributed by atoms with Crippen molar-refractivity contribution in [3.05, 3.63) is 59.5 Å². The average Bonchev–Trinajstić information content (AvgIpc) is 3.24. The minimum absolute atomic E-state index is 0.113. The summed E-state index contributed by atoms with van der Waals surface area (Å²) in [5.74, 6) is -1.06. The first-order chi connectivity index (χ1) is 15.7. The molecule has 0 unspecified atom stereocenters. The Kier molecular flexibility index (Phi) is 7.12. The molecule has 2 saturated heterocycles. The summed E-state index contributed by atoms with van der Waals surface area (Å²) in [6.07, 6.45) is 1.68. The quantitative estimate of drug-likeness (QED) is 0.601. The van der Waals surface area contributed by atoms with E-state index in [-0.39, 0.29) is 56.2 Å². The summed E-state index contributed by atoms with van der Waals surface area (Å²) >= 11 is 0. The second-order valence-corrected chi connectivity index (χ2v) is 12.1. The number of morpholine rings is 1. The van der Waals surface area contributed by atoms with Crippen molar-refractivity contribution in [2.24, 2.45) is 5.73 Å². The van der Waals surface area contributed by atoms with Crippen LogP contribution >= 0.6 is 0 Å². The molecule has 9 nitrogen and oxygen atoms in total. The van der Waals surface area contributed by atoms with Crippen LogP contribution in [0.1, 0.15) is 23.5 Å². The summed E-state index contributed by atoms with van der Waals surface area (Å²) in [4.78, 5) is 3.98. The number of aromatic nitrogens is 1. The lowest BCUT2D eigenvalue weighted by Gasteiger charge is -2.32. The second kappa shape index (κ2) is 9.72. The van der Waals surface area contributed by atoms with Gasteiger partial charge in [0.25, 0.3) is 10.2 Å². The molecule has 0 saturated carbocycles. The van der Waals surface area contributed by atoms with E-state index < -0.39 is 31.8 Å². The Morgan fingerprint density at radius 2 is 1.79 bits per heavy atom. The molecule has 0 amide bonds. The molecule has 180 valence electrons. The molecule has 2 atom stereocenters. The third-order valence-electron chi connectivity index (χ3n) is 6.06. The van der Waals surface area contributed by atoms with Crippen molar-refractivity contribution in [2.75, 3.05) is 38.6 Å². The molecule has 0 radical (unpaired) electrons. The lowest BCUT2D eigenvalue weighted by molar-refractivity contribution is 0.0700. The standard InChI is InChI=1S/C21H27FN4O5S2/c22-19-3-1-17(2-4-19)18-12-20(15-32(27,28)21-11-16(13-23)5-6-24-21)26(14-18)33(29,30)25-7-9-31-10-8-25/h1-6,11,18,20H,7-10,12-15,23H2/t18-,20-/m1/s1. The first kappa shape index (κ1) is 24.2. The molecule has 12 heteroatoms. The van der Waals surface area contributed by atoms with Gasteiger partial charge in [-0.25, -0.2) is 17.8 Å². The largest absolute Gasteiger partial charge is 0.379 e. The number of benzene rings is 1. The highest BCUT2D eigenvalue weighted by Gasteiger charge is 2.45. The van der Waals surface area contributed by atoms with Crippen LogP contribution in [0.3, 0.4) is 0 Å². The van der Waals surface area contributed by atoms with E-state index >= 15 is 0 Å². The average molecular weight is 499 g/mol. The monoisotopic (exact) mass is 498 g/mol. The fraction of sp³-hybridized carbons (Fsp3) is 0.476. The fourth-order valence-electron chi connectivity index (χ4n) is 4.31. The van der Waals surface area contributed by atoms with Gasteiger partial charge in [-0.05, 0) is 47.7 Å². The van der Waals surface area contributed by atoms with Crippen molar-refractivity contribution in [2.45, 2.75) is 30.0 Å². The van der Waals surface area contributed by atoms with Crippen molar-refractivity contribution in [1.29, 1.82) is 0 Å². The Labute approximate surface area is 193 Å². The van der Waals surface area contributed by atoms with Crippen molar-refractivity contribution in [1.82, 2.24) is 13.6 Å². The predicted octanol–water partition coefficient (Wildman–Crippen LogP) is 0.888. The lowest BCUT2D eigenvalue weighted by atomic mass is 9.97. The van der Waals surface area contributed by atoms with E-state index in [2.05, 4.69) is 4.98 Å². The van der Waals surface area contributed by atoms with E-state index in [4.69, 9.17) is 10.5 Å². The van der Waals surface area contributed by atoms with Crippen LogP contribution in [0.15, 0.2) is 47.6 Å². The van der Waals surface area contributed by atoms with Crippen molar-refractivity contribution in [3.8, 4) is 0 Å². The molecular formula is C21H27FN4O5S2. The zero-order valence-corrected chi connectivity index (χ0v) is 19.6. The summed E-state index contributed by atoms with van der Waals surface area (Å²) in [7, 11) is -7.81. The van der Waals surface area contributed by atoms with Gasteiger partial charge in [0.1, 0.15) is 5.82 Å². The number of nitrogens with zero attached hydrogens (tertiary/aromatic N) is 3. The first-order valence-corrected chi connectivity index (χ1v) is 13.7. The van der Waals surface area contributed by atoms with Gasteiger partial charge < -0.3 is 10.5 Å². The van der Waals surface area contributed by atoms with Crippen molar-refractivity contribution >= 4 is 20.0 Å². The molecule has 4 rings (SSSR count). The summed E-state index contributed by atoms with van der Waals surface area (Å²) in [5.41, 5.74) is 7.02. The fourth-order valence-corrected chi connectivity index (χ4v) is 7.76. The molecule has 3 heterocycles. The summed E-state index contributed by atoms with van der Waals surface area (Å²) in [6.45, 7) is 1.26. The Morgan fingerprint density at radius 3 is 2.45 bits per heavy atom. The highest BCUT2D eigenvalue weighted by molar-refractivity contribution is 7.91. The second-order valence-electron chi connectivity index (χ2n) is 8.21. The van der Waals surface area contributed by atoms with E-state index in [1.54, 1.807) is 18.2 Å². The molecule has 2 N–H and O–H groups in total. The number of ether oxygens (including phenoxy) is 1. The van der Waals surface area contributed by atoms with Gasteiger partial charge in [-0.1, -0.05) is 12.1 Å². The number of rotatable bonds is 7. The van der Waals surface area contributed by atoms with Crippen LogP contribution in [0.25, 0.3) is 0 Å². The number of sulfone groups is 1. The highest BCUT2D eigenvalue weighted by atomic mass is 32.2. The number of pyridine rings is 1. The minimum Gasteiger partial charge on any atom is -0.379 e. The van der Waals surface area contributed by atoms with Crippen LogP contribution < -0.4 is 5.73 Å². The molecular weight excluding hydrogens is 471 g/mol. The van der Waals surface area contributed by atoms with Gasteiger partial charge in [0.15, 0.2) is 14.9 Å². The van der Waals surface area contributed by atoms with E-state index in [0.29, 0.717) is 12.0 Å². The Balaban J connectivity index is 1.65. The Morgan fingerprint density at radius 1 is 1.09 bits per heavy atom. The molecule has 0 spiro atoms. The third kappa shape index (κ3) is 5.26.